The highest BCUT2D eigenvalue weighted by Gasteiger charge is 2.12. The number of nitrogens with zero attached hydrogens (tertiary/aromatic N) is 4. The van der Waals surface area contributed by atoms with Crippen LogP contribution < -0.4 is 5.32 Å². The van der Waals surface area contributed by atoms with Crippen LogP contribution in [0.15, 0.2) is 29.4 Å². The van der Waals surface area contributed by atoms with Crippen molar-refractivity contribution >= 4 is 44.4 Å². The van der Waals surface area contributed by atoms with Crippen molar-refractivity contribution < 1.29 is 4.79 Å². The highest BCUT2D eigenvalue weighted by Crippen LogP contribution is 2.25. The third-order valence-corrected chi connectivity index (χ3v) is 5.24. The quantitative estimate of drug-likeness (QED) is 0.694. The maximum Gasteiger partial charge on any atom is 0.236 e. The number of para-hydroxylation sites is 1. The van der Waals surface area contributed by atoms with Crippen LogP contribution in [-0.2, 0) is 18.3 Å². The van der Waals surface area contributed by atoms with E-state index in [1.165, 1.54) is 23.1 Å². The van der Waals surface area contributed by atoms with Crippen molar-refractivity contribution in [1.82, 2.24) is 19.7 Å². The first-order chi connectivity index (χ1) is 11.2. The number of fused-ring (bicyclic) bond motifs is 1. The number of rotatable bonds is 6. The van der Waals surface area contributed by atoms with Crippen molar-refractivity contribution in [2.45, 2.75) is 24.9 Å². The van der Waals surface area contributed by atoms with Crippen molar-refractivity contribution in [2.75, 3.05) is 11.1 Å². The fourth-order valence-electron chi connectivity index (χ4n) is 2.12. The number of amides is 1. The van der Waals surface area contributed by atoms with Crippen LogP contribution in [0, 0.1) is 0 Å². The molecule has 0 fully saturated rings. The Labute approximate surface area is 142 Å². The Morgan fingerprint density at radius 2 is 2.17 bits per heavy atom. The molecule has 0 atom stereocenters. The van der Waals surface area contributed by atoms with Crippen molar-refractivity contribution in [3.63, 3.8) is 0 Å². The lowest BCUT2D eigenvalue weighted by Gasteiger charge is -2.03. The molecule has 0 saturated heterocycles. The largest absolute Gasteiger partial charge is 0.309 e. The first-order valence-electron chi connectivity index (χ1n) is 7.34. The average Bonchev–Trinajstić information content (AvgIpc) is 3.09. The maximum atomic E-state index is 12.1. The van der Waals surface area contributed by atoms with Gasteiger partial charge in [0, 0.05) is 13.5 Å². The van der Waals surface area contributed by atoms with Gasteiger partial charge in [-0.1, -0.05) is 42.2 Å². The van der Waals surface area contributed by atoms with Crippen LogP contribution in [0.1, 0.15) is 19.2 Å². The minimum Gasteiger partial charge on any atom is -0.309 e. The molecule has 23 heavy (non-hydrogen) atoms. The van der Waals surface area contributed by atoms with Crippen LogP contribution in [0.25, 0.3) is 10.2 Å². The molecule has 2 heterocycles. The predicted molar refractivity (Wildman–Crippen MR) is 94.0 cm³/mol. The van der Waals surface area contributed by atoms with Crippen LogP contribution in [-0.4, -0.2) is 31.4 Å². The van der Waals surface area contributed by atoms with E-state index in [0.717, 1.165) is 34.0 Å². The molecule has 0 saturated carbocycles. The summed E-state index contributed by atoms with van der Waals surface area (Å²) < 4.78 is 3.01. The van der Waals surface area contributed by atoms with E-state index in [-0.39, 0.29) is 11.7 Å². The fourth-order valence-corrected chi connectivity index (χ4v) is 3.74. The second-order valence-electron chi connectivity index (χ2n) is 5.03. The Bertz CT molecular complexity index is 793. The first kappa shape index (κ1) is 15.9. The Morgan fingerprint density at radius 3 is 2.96 bits per heavy atom. The van der Waals surface area contributed by atoms with Crippen LogP contribution in [0.3, 0.4) is 0 Å². The third-order valence-electron chi connectivity index (χ3n) is 3.27. The molecule has 0 bridgehead atoms. The second kappa shape index (κ2) is 7.10. The van der Waals surface area contributed by atoms with Gasteiger partial charge in [0.25, 0.3) is 0 Å². The van der Waals surface area contributed by atoms with Gasteiger partial charge < -0.3 is 9.88 Å². The zero-order valence-electron chi connectivity index (χ0n) is 12.9. The standard InChI is InChI=1S/C15H17N5OS2/c1-3-6-12-18-19-15(20(12)2)22-9-13(21)17-14-16-10-7-4-5-8-11(10)23-14/h4-5,7-8H,3,6,9H2,1-2H3,(H,16,17,21). The van der Waals surface area contributed by atoms with Crippen molar-refractivity contribution in [2.24, 2.45) is 7.05 Å². The zero-order chi connectivity index (χ0) is 16.2. The smallest absolute Gasteiger partial charge is 0.236 e. The Balaban J connectivity index is 1.59. The summed E-state index contributed by atoms with van der Waals surface area (Å²) in [6.07, 6.45) is 1.91. The second-order valence-corrected chi connectivity index (χ2v) is 7.00. The summed E-state index contributed by atoms with van der Waals surface area (Å²) in [6.45, 7) is 2.10. The number of aryl methyl sites for hydroxylation is 1. The van der Waals surface area contributed by atoms with Gasteiger partial charge >= 0.3 is 0 Å². The van der Waals surface area contributed by atoms with E-state index in [1.54, 1.807) is 0 Å². The molecular weight excluding hydrogens is 330 g/mol. The highest BCUT2D eigenvalue weighted by molar-refractivity contribution is 7.99. The Kier molecular flexibility index (Phi) is 4.92. The van der Waals surface area contributed by atoms with Gasteiger partial charge in [-0.2, -0.15) is 0 Å². The highest BCUT2D eigenvalue weighted by atomic mass is 32.2. The van der Waals surface area contributed by atoms with Gasteiger partial charge in [-0.25, -0.2) is 4.98 Å². The third kappa shape index (κ3) is 3.70. The van der Waals surface area contributed by atoms with E-state index in [1.807, 2.05) is 35.9 Å². The summed E-state index contributed by atoms with van der Waals surface area (Å²) >= 11 is 2.86. The lowest BCUT2D eigenvalue weighted by atomic mass is 10.3. The van der Waals surface area contributed by atoms with Crippen molar-refractivity contribution in [3.8, 4) is 0 Å². The van der Waals surface area contributed by atoms with E-state index in [0.29, 0.717) is 5.13 Å². The molecular formula is C15H17N5OS2. The molecule has 0 aliphatic heterocycles. The minimum absolute atomic E-state index is 0.0888. The lowest BCUT2D eigenvalue weighted by molar-refractivity contribution is -0.113. The summed E-state index contributed by atoms with van der Waals surface area (Å²) in [6, 6.07) is 7.83. The minimum atomic E-state index is -0.0888. The Morgan fingerprint density at radius 1 is 1.35 bits per heavy atom. The molecule has 3 rings (SSSR count). The molecule has 120 valence electrons. The summed E-state index contributed by atoms with van der Waals surface area (Å²) in [5.74, 6) is 1.14. The molecule has 1 aromatic carbocycles. The molecule has 0 aliphatic rings. The molecule has 0 radical (unpaired) electrons. The van der Waals surface area contributed by atoms with E-state index < -0.39 is 0 Å². The van der Waals surface area contributed by atoms with Crippen LogP contribution in [0.5, 0.6) is 0 Å². The molecule has 2 aromatic heterocycles. The number of aromatic nitrogens is 4. The van der Waals surface area contributed by atoms with E-state index in [2.05, 4.69) is 27.4 Å². The molecule has 6 nitrogen and oxygen atoms in total. The van der Waals surface area contributed by atoms with Gasteiger partial charge in [0.05, 0.1) is 16.0 Å². The summed E-state index contributed by atoms with van der Waals surface area (Å²) in [5, 5.41) is 12.5. The van der Waals surface area contributed by atoms with Gasteiger partial charge in [0.15, 0.2) is 10.3 Å². The number of hydrogen-bond acceptors (Lipinski definition) is 6. The number of thiazole rings is 1. The van der Waals surface area contributed by atoms with E-state index in [4.69, 9.17) is 0 Å². The van der Waals surface area contributed by atoms with Crippen LogP contribution in [0.4, 0.5) is 5.13 Å². The predicted octanol–water partition coefficient (Wildman–Crippen LogP) is 3.11. The topological polar surface area (TPSA) is 72.7 Å². The molecule has 8 heteroatoms. The monoisotopic (exact) mass is 347 g/mol. The van der Waals surface area contributed by atoms with E-state index in [9.17, 15) is 4.79 Å². The van der Waals surface area contributed by atoms with Crippen LogP contribution in [0.2, 0.25) is 0 Å². The molecule has 1 amide bonds. The molecule has 1 N–H and O–H groups in total. The lowest BCUT2D eigenvalue weighted by Crippen LogP contribution is -2.14. The summed E-state index contributed by atoms with van der Waals surface area (Å²) in [4.78, 5) is 16.5. The van der Waals surface area contributed by atoms with Gasteiger partial charge in [-0.05, 0) is 18.6 Å². The number of carbonyl (C=O) groups excluding carboxylic acids is 1. The molecule has 0 spiro atoms. The van der Waals surface area contributed by atoms with Crippen molar-refractivity contribution in [3.05, 3.63) is 30.1 Å². The number of anilines is 1. The number of benzene rings is 1. The maximum absolute atomic E-state index is 12.1. The fraction of sp³-hybridized carbons (Fsp3) is 0.333. The number of hydrogen-bond donors (Lipinski definition) is 1. The van der Waals surface area contributed by atoms with Gasteiger partial charge in [0.2, 0.25) is 5.91 Å². The van der Waals surface area contributed by atoms with Gasteiger partial charge in [0.1, 0.15) is 5.82 Å². The Hall–Kier alpha value is -1.93. The van der Waals surface area contributed by atoms with Crippen LogP contribution >= 0.6 is 23.1 Å². The summed E-state index contributed by atoms with van der Waals surface area (Å²) in [5.41, 5.74) is 0.901. The normalized spacial score (nSPS) is 11.0. The van der Waals surface area contributed by atoms with Gasteiger partial charge in [-0.3, -0.25) is 4.79 Å². The van der Waals surface area contributed by atoms with E-state index >= 15 is 0 Å². The van der Waals surface area contributed by atoms with Gasteiger partial charge in [-0.15, -0.1) is 10.2 Å². The SMILES string of the molecule is CCCc1nnc(SCC(=O)Nc2nc3ccccc3s2)n1C. The molecule has 3 aromatic rings. The number of nitrogens with one attached hydrogen (secondary N) is 1. The average molecular weight is 347 g/mol. The van der Waals surface area contributed by atoms with Crippen molar-refractivity contribution in [1.29, 1.82) is 0 Å². The number of carbonyl (C=O) groups is 1. The molecule has 0 aliphatic carbocycles. The molecule has 0 unspecified atom stereocenters. The summed E-state index contributed by atoms with van der Waals surface area (Å²) in [7, 11) is 1.93. The number of thioether (sulfide) groups is 1. The zero-order valence-corrected chi connectivity index (χ0v) is 14.6. The first-order valence-corrected chi connectivity index (χ1v) is 9.14.